The van der Waals surface area contributed by atoms with Gasteiger partial charge in [0.15, 0.2) is 0 Å². The van der Waals surface area contributed by atoms with Gasteiger partial charge in [-0.1, -0.05) is 24.3 Å². The van der Waals surface area contributed by atoms with Crippen LogP contribution >= 0.6 is 0 Å². The van der Waals surface area contributed by atoms with Crippen LogP contribution in [0.25, 0.3) is 0 Å². The van der Waals surface area contributed by atoms with Crippen LogP contribution < -0.4 is 5.01 Å². The lowest BCUT2D eigenvalue weighted by Crippen LogP contribution is -2.47. The minimum absolute atomic E-state index is 0.354. The topological polar surface area (TPSA) is 32.8 Å². The van der Waals surface area contributed by atoms with E-state index in [1.54, 1.807) is 6.20 Å². The average Bonchev–Trinajstić information content (AvgIpc) is 2.38. The summed E-state index contributed by atoms with van der Waals surface area (Å²) in [4.78, 5) is 12.2. The van der Waals surface area contributed by atoms with E-state index in [0.717, 1.165) is 18.7 Å². The largest absolute Gasteiger partial charge is 0.442 e. The lowest BCUT2D eigenvalue weighted by Gasteiger charge is -2.37. The third kappa shape index (κ3) is 3.50. The Morgan fingerprint density at radius 3 is 2.53 bits per heavy atom. The fraction of sp³-hybridized carbons (Fsp3) is 0.400. The smallest absolute Gasteiger partial charge is 0.433 e. The SMILES string of the molecule is CC(C)(C)OC(=O)N1C=CCCN1c1ccccc1. The second-order valence-corrected chi connectivity index (χ2v) is 5.46. The van der Waals surface area contributed by atoms with Gasteiger partial charge in [-0.2, -0.15) is 5.01 Å². The molecule has 102 valence electrons. The Hall–Kier alpha value is -1.97. The van der Waals surface area contributed by atoms with E-state index in [0.29, 0.717) is 0 Å². The molecule has 2 rings (SSSR count). The predicted molar refractivity (Wildman–Crippen MR) is 75.6 cm³/mol. The first-order chi connectivity index (χ1) is 8.97. The quantitative estimate of drug-likeness (QED) is 0.774. The number of nitrogens with zero attached hydrogens (tertiary/aromatic N) is 2. The van der Waals surface area contributed by atoms with Gasteiger partial charge in [0, 0.05) is 12.7 Å². The summed E-state index contributed by atoms with van der Waals surface area (Å²) in [6.07, 6.45) is 4.30. The molecule has 0 spiro atoms. The number of hydrazine groups is 1. The van der Waals surface area contributed by atoms with Crippen molar-refractivity contribution in [2.24, 2.45) is 0 Å². The van der Waals surface area contributed by atoms with Crippen LogP contribution in [-0.2, 0) is 4.74 Å². The zero-order chi connectivity index (χ0) is 13.9. The maximum absolute atomic E-state index is 12.2. The third-order valence-electron chi connectivity index (χ3n) is 2.65. The van der Waals surface area contributed by atoms with Crippen LogP contribution in [0.3, 0.4) is 0 Å². The normalized spacial score (nSPS) is 15.5. The molecule has 1 heterocycles. The monoisotopic (exact) mass is 260 g/mol. The molecule has 1 amide bonds. The van der Waals surface area contributed by atoms with Gasteiger partial charge in [0.05, 0.1) is 5.69 Å². The van der Waals surface area contributed by atoms with Gasteiger partial charge in [-0.15, -0.1) is 0 Å². The van der Waals surface area contributed by atoms with Gasteiger partial charge in [0.2, 0.25) is 0 Å². The van der Waals surface area contributed by atoms with Crippen LogP contribution in [-0.4, -0.2) is 23.2 Å². The number of ether oxygens (including phenoxy) is 1. The van der Waals surface area contributed by atoms with E-state index < -0.39 is 5.60 Å². The van der Waals surface area contributed by atoms with E-state index in [1.165, 1.54) is 5.01 Å². The van der Waals surface area contributed by atoms with E-state index in [1.807, 2.05) is 62.2 Å². The fourth-order valence-electron chi connectivity index (χ4n) is 1.88. The number of carbonyl (C=O) groups excluding carboxylic acids is 1. The molecule has 4 heteroatoms. The number of carbonyl (C=O) groups is 1. The maximum atomic E-state index is 12.2. The highest BCUT2D eigenvalue weighted by Gasteiger charge is 2.26. The van der Waals surface area contributed by atoms with E-state index >= 15 is 0 Å². The minimum atomic E-state index is -0.495. The van der Waals surface area contributed by atoms with Crippen molar-refractivity contribution in [1.82, 2.24) is 5.01 Å². The standard InChI is InChI=1S/C15H20N2O2/c1-15(2,3)19-14(18)17-12-8-7-11-16(17)13-9-5-4-6-10-13/h4-6,8-10,12H,7,11H2,1-3H3. The summed E-state index contributed by atoms with van der Waals surface area (Å²) in [6, 6.07) is 9.84. The Morgan fingerprint density at radius 2 is 1.89 bits per heavy atom. The van der Waals surface area contributed by atoms with Crippen molar-refractivity contribution in [2.45, 2.75) is 32.8 Å². The molecule has 4 nitrogen and oxygen atoms in total. The lowest BCUT2D eigenvalue weighted by molar-refractivity contribution is 0.0309. The van der Waals surface area contributed by atoms with E-state index in [9.17, 15) is 4.79 Å². The molecule has 0 bridgehead atoms. The van der Waals surface area contributed by atoms with E-state index in [4.69, 9.17) is 4.74 Å². The van der Waals surface area contributed by atoms with Gasteiger partial charge < -0.3 is 4.74 Å². The third-order valence-corrected chi connectivity index (χ3v) is 2.65. The Balaban J connectivity index is 2.19. The van der Waals surface area contributed by atoms with Crippen LogP contribution in [0.1, 0.15) is 27.2 Å². The zero-order valence-corrected chi connectivity index (χ0v) is 11.7. The molecule has 0 aliphatic carbocycles. The van der Waals surface area contributed by atoms with Crippen molar-refractivity contribution in [3.63, 3.8) is 0 Å². The Kier molecular flexibility index (Phi) is 3.79. The van der Waals surface area contributed by atoms with Crippen molar-refractivity contribution in [3.05, 3.63) is 42.6 Å². The molecule has 1 aliphatic rings. The van der Waals surface area contributed by atoms with Crippen molar-refractivity contribution >= 4 is 11.8 Å². The van der Waals surface area contributed by atoms with Gasteiger partial charge in [-0.25, -0.2) is 4.79 Å². The number of para-hydroxylation sites is 1. The number of benzene rings is 1. The Bertz CT molecular complexity index is 463. The second-order valence-electron chi connectivity index (χ2n) is 5.46. The van der Waals surface area contributed by atoms with Gasteiger partial charge in [-0.3, -0.25) is 5.01 Å². The summed E-state index contributed by atoms with van der Waals surface area (Å²) in [5.74, 6) is 0. The molecule has 19 heavy (non-hydrogen) atoms. The number of anilines is 1. The molecular weight excluding hydrogens is 240 g/mol. The van der Waals surface area contributed by atoms with Gasteiger partial charge in [-0.05, 0) is 39.3 Å². The molecule has 0 N–H and O–H groups in total. The summed E-state index contributed by atoms with van der Waals surface area (Å²) in [6.45, 7) is 6.36. The number of hydrogen-bond donors (Lipinski definition) is 0. The Labute approximate surface area is 114 Å². The number of hydrogen-bond acceptors (Lipinski definition) is 3. The summed E-state index contributed by atoms with van der Waals surface area (Å²) in [5, 5.41) is 3.46. The van der Waals surface area contributed by atoms with Crippen LogP contribution in [0, 0.1) is 0 Å². The first kappa shape index (κ1) is 13.5. The second kappa shape index (κ2) is 5.34. The van der Waals surface area contributed by atoms with Gasteiger partial charge in [0.25, 0.3) is 0 Å². The summed E-state index contributed by atoms with van der Waals surface area (Å²) < 4.78 is 5.42. The van der Waals surface area contributed by atoms with Crippen molar-refractivity contribution in [2.75, 3.05) is 11.6 Å². The molecular formula is C15H20N2O2. The van der Waals surface area contributed by atoms with Crippen LogP contribution in [0.15, 0.2) is 42.6 Å². The molecule has 0 saturated heterocycles. The molecule has 1 aromatic carbocycles. The molecule has 0 aromatic heterocycles. The summed E-state index contributed by atoms with van der Waals surface area (Å²) >= 11 is 0. The summed E-state index contributed by atoms with van der Waals surface area (Å²) in [7, 11) is 0. The number of amides is 1. The predicted octanol–water partition coefficient (Wildman–Crippen LogP) is 3.56. The molecule has 0 radical (unpaired) electrons. The van der Waals surface area contributed by atoms with Crippen molar-refractivity contribution < 1.29 is 9.53 Å². The average molecular weight is 260 g/mol. The van der Waals surface area contributed by atoms with Crippen LogP contribution in [0.2, 0.25) is 0 Å². The number of rotatable bonds is 1. The highest BCUT2D eigenvalue weighted by Crippen LogP contribution is 2.22. The molecule has 0 atom stereocenters. The molecule has 0 fully saturated rings. The lowest BCUT2D eigenvalue weighted by atomic mass is 10.2. The van der Waals surface area contributed by atoms with Crippen LogP contribution in [0.4, 0.5) is 10.5 Å². The zero-order valence-electron chi connectivity index (χ0n) is 11.7. The summed E-state index contributed by atoms with van der Waals surface area (Å²) in [5.41, 5.74) is 0.489. The van der Waals surface area contributed by atoms with Crippen molar-refractivity contribution in [1.29, 1.82) is 0 Å². The fourth-order valence-corrected chi connectivity index (χ4v) is 1.88. The molecule has 1 aromatic rings. The first-order valence-electron chi connectivity index (χ1n) is 6.49. The first-order valence-corrected chi connectivity index (χ1v) is 6.49. The Morgan fingerprint density at radius 1 is 1.21 bits per heavy atom. The van der Waals surface area contributed by atoms with E-state index in [-0.39, 0.29) is 6.09 Å². The molecule has 0 unspecified atom stereocenters. The van der Waals surface area contributed by atoms with E-state index in [2.05, 4.69) is 0 Å². The van der Waals surface area contributed by atoms with Gasteiger partial charge in [0.1, 0.15) is 5.60 Å². The highest BCUT2D eigenvalue weighted by molar-refractivity contribution is 5.72. The highest BCUT2D eigenvalue weighted by atomic mass is 16.6. The van der Waals surface area contributed by atoms with Gasteiger partial charge >= 0.3 is 6.09 Å². The van der Waals surface area contributed by atoms with Crippen molar-refractivity contribution in [3.8, 4) is 0 Å². The maximum Gasteiger partial charge on any atom is 0.433 e. The molecule has 0 saturated carbocycles. The molecule has 1 aliphatic heterocycles. The minimum Gasteiger partial charge on any atom is -0.442 e. The van der Waals surface area contributed by atoms with Crippen LogP contribution in [0.5, 0.6) is 0 Å².